The average molecular weight is 605 g/mol. The number of urea groups is 1. The van der Waals surface area contributed by atoms with Gasteiger partial charge in [0.2, 0.25) is 5.91 Å². The van der Waals surface area contributed by atoms with E-state index in [1.807, 2.05) is 54.6 Å². The zero-order chi connectivity index (χ0) is 31.2. The van der Waals surface area contributed by atoms with E-state index in [9.17, 15) is 14.9 Å². The fourth-order valence-electron chi connectivity index (χ4n) is 4.88. The van der Waals surface area contributed by atoms with Crippen molar-refractivity contribution in [1.29, 1.82) is 5.26 Å². The predicted octanol–water partition coefficient (Wildman–Crippen LogP) is 6.93. The summed E-state index contributed by atoms with van der Waals surface area (Å²) in [4.78, 5) is 44.7. The number of para-hydroxylation sites is 1. The van der Waals surface area contributed by atoms with Crippen LogP contribution in [0.4, 0.5) is 21.3 Å². The molecule has 10 nitrogen and oxygen atoms in total. The summed E-state index contributed by atoms with van der Waals surface area (Å²) in [6.45, 7) is 3.11. The van der Waals surface area contributed by atoms with Crippen LogP contribution in [-0.2, 0) is 16.0 Å². The number of benzene rings is 3. The summed E-state index contributed by atoms with van der Waals surface area (Å²) in [5.74, 6) is -1.06. The van der Waals surface area contributed by atoms with Gasteiger partial charge in [0.1, 0.15) is 6.07 Å². The first-order valence-electron chi connectivity index (χ1n) is 13.8. The van der Waals surface area contributed by atoms with Crippen LogP contribution in [0.2, 0.25) is 0 Å². The molecule has 3 heterocycles. The standard InChI is InChI=1S/C31H24N6O2S.C2H4O2/c1-19(38)34-26-13-10-21(15-24(26)17-32)23-11-12-25(33-18-23)22-9-8-20-5-4-14-37(28(20)16-22)31(39)36-30-35-27-6-2-3-7-29(27)40-30;1-2(3)4/h2-3,6-13,15-16,18H,4-5,14H2,1H3,(H,34,38)(H,35,36,39);1H3,(H,3,4). The largest absolute Gasteiger partial charge is 0.481 e. The van der Waals surface area contributed by atoms with Crippen molar-refractivity contribution in [2.24, 2.45) is 0 Å². The van der Waals surface area contributed by atoms with Gasteiger partial charge in [-0.05, 0) is 60.4 Å². The number of carboxylic acids is 1. The second-order valence-electron chi connectivity index (χ2n) is 10.0. The third-order valence-corrected chi connectivity index (χ3v) is 7.75. The third-order valence-electron chi connectivity index (χ3n) is 6.80. The first-order valence-corrected chi connectivity index (χ1v) is 14.6. The van der Waals surface area contributed by atoms with Crippen molar-refractivity contribution in [3.63, 3.8) is 0 Å². The van der Waals surface area contributed by atoms with Crippen molar-refractivity contribution in [2.45, 2.75) is 26.7 Å². The molecule has 220 valence electrons. The van der Waals surface area contributed by atoms with Crippen LogP contribution >= 0.6 is 11.3 Å². The Kier molecular flexibility index (Phi) is 8.93. The number of amides is 3. The molecule has 0 atom stereocenters. The monoisotopic (exact) mass is 604 g/mol. The molecule has 3 N–H and O–H groups in total. The number of fused-ring (bicyclic) bond motifs is 2. The number of hydrogen-bond acceptors (Lipinski definition) is 7. The highest BCUT2D eigenvalue weighted by atomic mass is 32.1. The summed E-state index contributed by atoms with van der Waals surface area (Å²) in [6, 6.07) is 25.1. The van der Waals surface area contributed by atoms with E-state index in [0.29, 0.717) is 22.9 Å². The number of carbonyl (C=O) groups excluding carboxylic acids is 2. The Balaban J connectivity index is 0.000000906. The molecular formula is C33H28N6O4S. The van der Waals surface area contributed by atoms with Crippen molar-refractivity contribution in [3.8, 4) is 28.5 Å². The van der Waals surface area contributed by atoms with Crippen molar-refractivity contribution in [1.82, 2.24) is 9.97 Å². The van der Waals surface area contributed by atoms with Gasteiger partial charge in [0.15, 0.2) is 5.13 Å². The SMILES string of the molecule is CC(=O)Nc1ccc(-c2ccc(-c3ccc4c(c3)N(C(=O)Nc3nc5ccccc5s3)CCC4)nc2)cc1C#N.CC(=O)O. The van der Waals surface area contributed by atoms with E-state index in [0.717, 1.165) is 63.6 Å². The van der Waals surface area contributed by atoms with Gasteiger partial charge in [-0.3, -0.25) is 24.8 Å². The summed E-state index contributed by atoms with van der Waals surface area (Å²) in [6.07, 6.45) is 3.56. The Labute approximate surface area is 257 Å². The maximum absolute atomic E-state index is 13.3. The number of carbonyl (C=O) groups is 3. The molecule has 11 heteroatoms. The van der Waals surface area contributed by atoms with Gasteiger partial charge in [0.05, 0.1) is 27.2 Å². The van der Waals surface area contributed by atoms with Crippen molar-refractivity contribution in [3.05, 3.63) is 90.1 Å². The molecule has 5 aromatic rings. The highest BCUT2D eigenvalue weighted by Gasteiger charge is 2.24. The molecule has 0 unspecified atom stereocenters. The second-order valence-corrected chi connectivity index (χ2v) is 11.1. The van der Waals surface area contributed by atoms with Crippen LogP contribution in [0.15, 0.2) is 79.0 Å². The van der Waals surface area contributed by atoms with Gasteiger partial charge < -0.3 is 10.4 Å². The minimum absolute atomic E-state index is 0.198. The predicted molar refractivity (Wildman–Crippen MR) is 172 cm³/mol. The lowest BCUT2D eigenvalue weighted by Crippen LogP contribution is -2.38. The number of nitrogens with one attached hydrogen (secondary N) is 2. The van der Waals surface area contributed by atoms with Gasteiger partial charge >= 0.3 is 6.03 Å². The quantitative estimate of drug-likeness (QED) is 0.201. The molecule has 0 spiro atoms. The Hall–Kier alpha value is -5.60. The van der Waals surface area contributed by atoms with Crippen LogP contribution in [0, 0.1) is 11.3 Å². The van der Waals surface area contributed by atoms with Gasteiger partial charge in [-0.15, -0.1) is 0 Å². The van der Waals surface area contributed by atoms with E-state index in [2.05, 4.69) is 32.7 Å². The maximum atomic E-state index is 13.3. The van der Waals surface area contributed by atoms with Crippen LogP contribution in [0.3, 0.4) is 0 Å². The molecule has 6 rings (SSSR count). The number of nitriles is 1. The van der Waals surface area contributed by atoms with Crippen LogP contribution in [0.1, 0.15) is 31.4 Å². The topological polar surface area (TPSA) is 148 Å². The van der Waals surface area contributed by atoms with Crippen molar-refractivity contribution in [2.75, 3.05) is 22.1 Å². The molecule has 0 radical (unpaired) electrons. The van der Waals surface area contributed by atoms with E-state index in [1.165, 1.54) is 18.3 Å². The van der Waals surface area contributed by atoms with E-state index in [4.69, 9.17) is 9.90 Å². The fourth-order valence-corrected chi connectivity index (χ4v) is 5.74. The van der Waals surface area contributed by atoms with E-state index in [1.54, 1.807) is 23.2 Å². The second kappa shape index (κ2) is 13.1. The maximum Gasteiger partial charge on any atom is 0.328 e. The van der Waals surface area contributed by atoms with Crippen molar-refractivity contribution < 1.29 is 19.5 Å². The van der Waals surface area contributed by atoms with E-state index >= 15 is 0 Å². The molecule has 3 aromatic carbocycles. The van der Waals surface area contributed by atoms with Crippen molar-refractivity contribution >= 4 is 56.0 Å². The molecule has 1 aliphatic rings. The fraction of sp³-hybridized carbons (Fsp3) is 0.152. The first kappa shape index (κ1) is 29.9. The summed E-state index contributed by atoms with van der Waals surface area (Å²) >= 11 is 1.46. The van der Waals surface area contributed by atoms with Gasteiger partial charge in [-0.25, -0.2) is 9.78 Å². The number of hydrogen-bond donors (Lipinski definition) is 3. The normalized spacial score (nSPS) is 11.9. The Morgan fingerprint density at radius 1 is 0.955 bits per heavy atom. The molecule has 0 aliphatic carbocycles. The summed E-state index contributed by atoms with van der Waals surface area (Å²) < 4.78 is 1.03. The van der Waals surface area contributed by atoms with E-state index < -0.39 is 5.97 Å². The third kappa shape index (κ3) is 6.88. The number of carboxylic acid groups (broad SMARTS) is 1. The zero-order valence-electron chi connectivity index (χ0n) is 24.0. The highest BCUT2D eigenvalue weighted by molar-refractivity contribution is 7.22. The zero-order valence-corrected chi connectivity index (χ0v) is 24.8. The number of aliphatic carboxylic acids is 1. The number of nitrogens with zero attached hydrogens (tertiary/aromatic N) is 4. The number of rotatable bonds is 4. The number of thiazole rings is 1. The molecule has 44 heavy (non-hydrogen) atoms. The lowest BCUT2D eigenvalue weighted by molar-refractivity contribution is -0.134. The highest BCUT2D eigenvalue weighted by Crippen LogP contribution is 2.34. The Morgan fingerprint density at radius 3 is 2.41 bits per heavy atom. The molecule has 2 aromatic heterocycles. The minimum Gasteiger partial charge on any atom is -0.481 e. The molecule has 0 saturated heterocycles. The smallest absolute Gasteiger partial charge is 0.328 e. The van der Waals surface area contributed by atoms with E-state index in [-0.39, 0.29) is 11.9 Å². The van der Waals surface area contributed by atoms with Gasteiger partial charge in [0, 0.05) is 43.4 Å². The lowest BCUT2D eigenvalue weighted by Gasteiger charge is -2.29. The van der Waals surface area contributed by atoms with Gasteiger partial charge in [-0.1, -0.05) is 47.7 Å². The van der Waals surface area contributed by atoms with Crippen LogP contribution in [-0.4, -0.2) is 39.5 Å². The van der Waals surface area contributed by atoms with Gasteiger partial charge in [0.25, 0.3) is 5.97 Å². The molecule has 3 amide bonds. The molecule has 0 fully saturated rings. The first-order chi connectivity index (χ1) is 21.2. The number of anilines is 3. The van der Waals surface area contributed by atoms with Crippen LogP contribution in [0.25, 0.3) is 32.6 Å². The number of pyridine rings is 1. The number of aryl methyl sites for hydroxylation is 1. The van der Waals surface area contributed by atoms with Crippen LogP contribution < -0.4 is 15.5 Å². The Bertz CT molecular complexity index is 1880. The molecule has 0 saturated carbocycles. The molecule has 1 aliphatic heterocycles. The molecule has 0 bridgehead atoms. The molecular weight excluding hydrogens is 576 g/mol. The average Bonchev–Trinajstić information content (AvgIpc) is 3.42. The number of aromatic nitrogens is 2. The van der Waals surface area contributed by atoms with Gasteiger partial charge in [-0.2, -0.15) is 5.26 Å². The van der Waals surface area contributed by atoms with Crippen LogP contribution in [0.5, 0.6) is 0 Å². The summed E-state index contributed by atoms with van der Waals surface area (Å²) in [5, 5.41) is 23.2. The lowest BCUT2D eigenvalue weighted by atomic mass is 9.98. The Morgan fingerprint density at radius 2 is 1.70 bits per heavy atom. The summed E-state index contributed by atoms with van der Waals surface area (Å²) in [7, 11) is 0. The summed E-state index contributed by atoms with van der Waals surface area (Å²) in [5.41, 5.74) is 7.09. The minimum atomic E-state index is -0.833.